The van der Waals surface area contributed by atoms with Crippen LogP contribution < -0.4 is 5.73 Å². The molecule has 4 heteroatoms. The lowest BCUT2D eigenvalue weighted by Gasteiger charge is -2.08. The van der Waals surface area contributed by atoms with Crippen LogP contribution in [0.5, 0.6) is 0 Å². The second kappa shape index (κ2) is 6.18. The molecule has 1 heterocycles. The topological polar surface area (TPSA) is 56.7 Å². The van der Waals surface area contributed by atoms with E-state index in [1.807, 2.05) is 4.68 Å². The summed E-state index contributed by atoms with van der Waals surface area (Å²) in [6.07, 6.45) is 0.742. The molecule has 0 amide bonds. The summed E-state index contributed by atoms with van der Waals surface area (Å²) in [6.45, 7) is 9.18. The van der Waals surface area contributed by atoms with Crippen molar-refractivity contribution in [1.29, 1.82) is 0 Å². The molecule has 0 spiro atoms. The first-order valence-corrected chi connectivity index (χ1v) is 7.29. The minimum Gasteiger partial charge on any atom is -0.330 e. The minimum atomic E-state index is 0.322. The van der Waals surface area contributed by atoms with Crippen molar-refractivity contribution in [2.45, 2.75) is 46.0 Å². The van der Waals surface area contributed by atoms with Gasteiger partial charge < -0.3 is 5.73 Å². The van der Waals surface area contributed by atoms with E-state index in [2.05, 4.69) is 62.0 Å². The Balaban J connectivity index is 2.39. The van der Waals surface area contributed by atoms with E-state index < -0.39 is 0 Å². The Labute approximate surface area is 121 Å². The number of nitrogens with two attached hydrogens (primary N) is 1. The molecule has 0 radical (unpaired) electrons. The van der Waals surface area contributed by atoms with Crippen molar-refractivity contribution in [3.63, 3.8) is 0 Å². The minimum absolute atomic E-state index is 0.322. The van der Waals surface area contributed by atoms with Gasteiger partial charge in [-0.15, -0.1) is 0 Å². The van der Waals surface area contributed by atoms with Gasteiger partial charge in [0.15, 0.2) is 5.82 Å². The number of nitrogens with zero attached hydrogens (tertiary/aromatic N) is 3. The quantitative estimate of drug-likeness (QED) is 0.910. The van der Waals surface area contributed by atoms with Crippen LogP contribution in [0.4, 0.5) is 0 Å². The highest BCUT2D eigenvalue weighted by atomic mass is 15.4. The van der Waals surface area contributed by atoms with E-state index in [4.69, 9.17) is 5.73 Å². The van der Waals surface area contributed by atoms with Gasteiger partial charge in [-0.2, -0.15) is 5.10 Å². The highest BCUT2D eigenvalue weighted by Gasteiger charge is 2.13. The summed E-state index contributed by atoms with van der Waals surface area (Å²) in [5.41, 5.74) is 8.06. The molecule has 0 unspecified atom stereocenters. The first-order chi connectivity index (χ1) is 9.52. The van der Waals surface area contributed by atoms with Crippen LogP contribution in [0.2, 0.25) is 0 Å². The first-order valence-electron chi connectivity index (χ1n) is 7.29. The van der Waals surface area contributed by atoms with Crippen molar-refractivity contribution >= 4 is 0 Å². The van der Waals surface area contributed by atoms with Crippen molar-refractivity contribution in [2.75, 3.05) is 6.54 Å². The summed E-state index contributed by atoms with van der Waals surface area (Å²) >= 11 is 0. The molecular formula is C16H24N4. The molecular weight excluding hydrogens is 248 g/mol. The van der Waals surface area contributed by atoms with E-state index in [1.54, 1.807) is 0 Å². The monoisotopic (exact) mass is 272 g/mol. The van der Waals surface area contributed by atoms with Crippen LogP contribution in [0, 0.1) is 0 Å². The third kappa shape index (κ3) is 3.07. The average molecular weight is 272 g/mol. The van der Waals surface area contributed by atoms with Crippen LogP contribution in [0.15, 0.2) is 24.3 Å². The molecule has 20 heavy (non-hydrogen) atoms. The number of rotatable bonds is 5. The van der Waals surface area contributed by atoms with Crippen LogP contribution in [0.1, 0.15) is 56.7 Å². The van der Waals surface area contributed by atoms with Gasteiger partial charge in [0.25, 0.3) is 0 Å². The van der Waals surface area contributed by atoms with Gasteiger partial charge >= 0.3 is 0 Å². The summed E-state index contributed by atoms with van der Waals surface area (Å²) < 4.78 is 1.92. The first kappa shape index (κ1) is 14.7. The van der Waals surface area contributed by atoms with Crippen LogP contribution in [0.3, 0.4) is 0 Å². The lowest BCUT2D eigenvalue weighted by Crippen LogP contribution is -2.09. The molecule has 2 N–H and O–H groups in total. The van der Waals surface area contributed by atoms with Gasteiger partial charge in [-0.1, -0.05) is 39.8 Å². The largest absolute Gasteiger partial charge is 0.330 e. The molecule has 4 nitrogen and oxygen atoms in total. The summed E-state index contributed by atoms with van der Waals surface area (Å²) in [5, 5.41) is 4.62. The number of aromatic nitrogens is 3. The van der Waals surface area contributed by atoms with Gasteiger partial charge in [-0.05, 0) is 30.2 Å². The third-order valence-corrected chi connectivity index (χ3v) is 3.38. The fourth-order valence-electron chi connectivity index (χ4n) is 2.10. The summed E-state index contributed by atoms with van der Waals surface area (Å²) in [4.78, 5) is 4.61. The van der Waals surface area contributed by atoms with E-state index in [1.165, 1.54) is 5.56 Å². The van der Waals surface area contributed by atoms with Crippen LogP contribution in [0.25, 0.3) is 5.69 Å². The Kier molecular flexibility index (Phi) is 4.55. The molecule has 108 valence electrons. The second-order valence-electron chi connectivity index (χ2n) is 5.74. The van der Waals surface area contributed by atoms with Gasteiger partial charge in [0.05, 0.1) is 5.69 Å². The van der Waals surface area contributed by atoms with Crippen molar-refractivity contribution < 1.29 is 0 Å². The van der Waals surface area contributed by atoms with Gasteiger partial charge in [-0.25, -0.2) is 9.67 Å². The predicted octanol–water partition coefficient (Wildman–Crippen LogP) is 3.02. The Hall–Kier alpha value is -1.68. The molecule has 0 atom stereocenters. The molecule has 1 aromatic heterocycles. The molecule has 1 aromatic carbocycles. The predicted molar refractivity (Wildman–Crippen MR) is 82.3 cm³/mol. The van der Waals surface area contributed by atoms with Gasteiger partial charge in [-0.3, -0.25) is 0 Å². The maximum absolute atomic E-state index is 5.68. The van der Waals surface area contributed by atoms with E-state index in [9.17, 15) is 0 Å². The van der Waals surface area contributed by atoms with E-state index in [0.29, 0.717) is 18.4 Å². The van der Waals surface area contributed by atoms with Crippen LogP contribution >= 0.6 is 0 Å². The smallest absolute Gasteiger partial charge is 0.153 e. The van der Waals surface area contributed by atoms with E-state index in [-0.39, 0.29) is 0 Å². The van der Waals surface area contributed by atoms with Crippen molar-refractivity contribution in [1.82, 2.24) is 14.8 Å². The van der Waals surface area contributed by atoms with Gasteiger partial charge in [0, 0.05) is 12.3 Å². The van der Waals surface area contributed by atoms with Crippen molar-refractivity contribution in [3.05, 3.63) is 41.5 Å². The normalized spacial score (nSPS) is 11.6. The van der Waals surface area contributed by atoms with Crippen LogP contribution in [-0.2, 0) is 6.42 Å². The molecule has 0 bridgehead atoms. The van der Waals surface area contributed by atoms with Gasteiger partial charge in [0.2, 0.25) is 0 Å². The highest BCUT2D eigenvalue weighted by Crippen LogP contribution is 2.19. The molecule has 0 saturated carbocycles. The zero-order chi connectivity index (χ0) is 14.7. The number of hydrogen-bond donors (Lipinski definition) is 1. The Morgan fingerprint density at radius 3 is 2.20 bits per heavy atom. The lowest BCUT2D eigenvalue weighted by molar-refractivity contribution is 0.742. The fraction of sp³-hybridized carbons (Fsp3) is 0.500. The number of hydrogen-bond acceptors (Lipinski definition) is 3. The van der Waals surface area contributed by atoms with Crippen molar-refractivity contribution in [2.24, 2.45) is 5.73 Å². The van der Waals surface area contributed by atoms with E-state index in [0.717, 1.165) is 23.8 Å². The summed E-state index contributed by atoms with van der Waals surface area (Å²) in [6, 6.07) is 8.52. The SMILES string of the molecule is CC(C)c1ccc(-n2nc(C(C)C)nc2CCN)cc1. The van der Waals surface area contributed by atoms with Crippen molar-refractivity contribution in [3.8, 4) is 5.69 Å². The maximum atomic E-state index is 5.68. The molecule has 0 aliphatic heterocycles. The highest BCUT2D eigenvalue weighted by molar-refractivity contribution is 5.35. The van der Waals surface area contributed by atoms with Gasteiger partial charge in [0.1, 0.15) is 5.82 Å². The molecule has 0 aliphatic rings. The average Bonchev–Trinajstić information content (AvgIpc) is 2.83. The maximum Gasteiger partial charge on any atom is 0.153 e. The third-order valence-electron chi connectivity index (χ3n) is 3.38. The second-order valence-corrected chi connectivity index (χ2v) is 5.74. The summed E-state index contributed by atoms with van der Waals surface area (Å²) in [7, 11) is 0. The van der Waals surface area contributed by atoms with Crippen LogP contribution in [-0.4, -0.2) is 21.3 Å². The zero-order valence-electron chi connectivity index (χ0n) is 12.8. The fourth-order valence-corrected chi connectivity index (χ4v) is 2.10. The molecule has 0 aliphatic carbocycles. The standard InChI is InChI=1S/C16H24N4/c1-11(2)13-5-7-14(8-6-13)20-15(9-10-17)18-16(19-20)12(3)4/h5-8,11-12H,9-10,17H2,1-4H3. The lowest BCUT2D eigenvalue weighted by atomic mass is 10.0. The molecule has 2 aromatic rings. The molecule has 0 saturated heterocycles. The number of benzene rings is 1. The zero-order valence-corrected chi connectivity index (χ0v) is 12.8. The van der Waals surface area contributed by atoms with E-state index >= 15 is 0 Å². The Morgan fingerprint density at radius 1 is 1.05 bits per heavy atom. The molecule has 0 fully saturated rings. The Bertz CT molecular complexity index is 552. The molecule has 2 rings (SSSR count). The Morgan fingerprint density at radius 2 is 1.70 bits per heavy atom. The summed E-state index contributed by atoms with van der Waals surface area (Å²) in [5.74, 6) is 2.67.